The van der Waals surface area contributed by atoms with Gasteiger partial charge in [-0.3, -0.25) is 0 Å². The summed E-state index contributed by atoms with van der Waals surface area (Å²) in [4.78, 5) is 2.03. The number of nitrogens with zero attached hydrogens (tertiary/aromatic N) is 1. The predicted octanol–water partition coefficient (Wildman–Crippen LogP) is 2.84. The number of rotatable bonds is 1. The predicted molar refractivity (Wildman–Crippen MR) is 77.2 cm³/mol. The van der Waals surface area contributed by atoms with E-state index in [0.717, 1.165) is 29.8 Å². The Morgan fingerprint density at radius 3 is 2.81 bits per heavy atom. The minimum absolute atomic E-state index is 0.0577. The van der Waals surface area contributed by atoms with E-state index in [1.54, 1.807) is 0 Å². The molecule has 0 bridgehead atoms. The van der Waals surface area contributed by atoms with Crippen LogP contribution in [0.25, 0.3) is 5.70 Å². The van der Waals surface area contributed by atoms with E-state index in [0.29, 0.717) is 12.3 Å². The quantitative estimate of drug-likeness (QED) is 0.861. The third-order valence-corrected chi connectivity index (χ3v) is 4.53. The fourth-order valence-corrected chi connectivity index (χ4v) is 3.25. The number of ether oxygens (including phenoxy) is 1. The van der Waals surface area contributed by atoms with Crippen molar-refractivity contribution in [2.75, 3.05) is 25.1 Å². The molecule has 1 saturated carbocycles. The summed E-state index contributed by atoms with van der Waals surface area (Å²) in [6, 6.07) is 7.05. The molecular weight excluding hydrogens is 274 g/mol. The van der Waals surface area contributed by atoms with Gasteiger partial charge in [0.15, 0.2) is 6.61 Å². The third-order valence-electron chi connectivity index (χ3n) is 4.53. The number of hydrogen-bond acceptors (Lipinski definition) is 3. The standard InChI is InChI=1S/C16H18F2N2O/c1-20-8-13-14(11-4-2-3-5-12(11)20)19-15(10-6-7-10)16(17,18)9-21-13/h2-5,10,15,19H,6-9H2,1H3. The maximum absolute atomic E-state index is 14.3. The van der Waals surface area contributed by atoms with Crippen molar-refractivity contribution < 1.29 is 13.5 Å². The number of halogens is 2. The van der Waals surface area contributed by atoms with E-state index in [9.17, 15) is 8.78 Å². The SMILES string of the molecule is CN1CC2=C(NC(C3CC3)C(F)(F)CO2)c2ccccc21. The van der Waals surface area contributed by atoms with Crippen LogP contribution in [0.1, 0.15) is 18.4 Å². The fraction of sp³-hybridized carbons (Fsp3) is 0.500. The maximum atomic E-state index is 14.3. The summed E-state index contributed by atoms with van der Waals surface area (Å²) in [6.07, 6.45) is 1.74. The van der Waals surface area contributed by atoms with Crippen LogP contribution in [0.5, 0.6) is 0 Å². The van der Waals surface area contributed by atoms with Crippen molar-refractivity contribution in [3.05, 3.63) is 35.6 Å². The maximum Gasteiger partial charge on any atom is 0.301 e. The van der Waals surface area contributed by atoms with Crippen LogP contribution in [-0.2, 0) is 4.74 Å². The number of alkyl halides is 2. The van der Waals surface area contributed by atoms with Gasteiger partial charge in [0.1, 0.15) is 5.76 Å². The number of benzene rings is 1. The Hall–Kier alpha value is -1.78. The van der Waals surface area contributed by atoms with E-state index in [1.807, 2.05) is 36.2 Å². The average molecular weight is 292 g/mol. The average Bonchev–Trinajstić information content (AvgIpc) is 3.28. The van der Waals surface area contributed by atoms with Gasteiger partial charge in [0, 0.05) is 18.3 Å². The smallest absolute Gasteiger partial charge is 0.301 e. The van der Waals surface area contributed by atoms with E-state index < -0.39 is 18.6 Å². The minimum atomic E-state index is -2.83. The molecule has 112 valence electrons. The zero-order valence-corrected chi connectivity index (χ0v) is 11.9. The molecule has 2 heterocycles. The first-order valence-electron chi connectivity index (χ1n) is 7.37. The Balaban J connectivity index is 1.77. The van der Waals surface area contributed by atoms with Gasteiger partial charge in [0.05, 0.1) is 18.3 Å². The van der Waals surface area contributed by atoms with Crippen molar-refractivity contribution >= 4 is 11.4 Å². The summed E-state index contributed by atoms with van der Waals surface area (Å²) in [5.74, 6) is -2.15. The molecule has 0 aromatic heterocycles. The van der Waals surface area contributed by atoms with Gasteiger partial charge in [-0.2, -0.15) is 0 Å². The van der Waals surface area contributed by atoms with Crippen molar-refractivity contribution in [2.45, 2.75) is 24.8 Å². The lowest BCUT2D eigenvalue weighted by Gasteiger charge is -2.31. The Morgan fingerprint density at radius 2 is 2.05 bits per heavy atom. The molecule has 2 aliphatic heterocycles. The van der Waals surface area contributed by atoms with Gasteiger partial charge in [0.25, 0.3) is 0 Å². The number of fused-ring (bicyclic) bond motifs is 2. The van der Waals surface area contributed by atoms with E-state index in [-0.39, 0.29) is 5.92 Å². The Bertz CT molecular complexity index is 610. The molecule has 1 atom stereocenters. The highest BCUT2D eigenvalue weighted by atomic mass is 19.3. The van der Waals surface area contributed by atoms with Gasteiger partial charge in [-0.25, -0.2) is 8.78 Å². The Kier molecular flexibility index (Phi) is 2.68. The first-order chi connectivity index (χ1) is 10.1. The summed E-state index contributed by atoms with van der Waals surface area (Å²) in [5, 5.41) is 3.12. The summed E-state index contributed by atoms with van der Waals surface area (Å²) in [5.41, 5.74) is 2.74. The van der Waals surface area contributed by atoms with Crippen molar-refractivity contribution in [2.24, 2.45) is 5.92 Å². The van der Waals surface area contributed by atoms with Crippen LogP contribution in [0.2, 0.25) is 0 Å². The molecule has 4 rings (SSSR count). The Labute approximate surface area is 122 Å². The molecule has 5 heteroatoms. The molecule has 3 aliphatic rings. The number of para-hydroxylation sites is 1. The summed E-state index contributed by atoms with van der Waals surface area (Å²) < 4.78 is 34.1. The fourth-order valence-electron chi connectivity index (χ4n) is 3.25. The van der Waals surface area contributed by atoms with Crippen LogP contribution >= 0.6 is 0 Å². The van der Waals surface area contributed by atoms with Crippen LogP contribution < -0.4 is 10.2 Å². The van der Waals surface area contributed by atoms with Gasteiger partial charge in [0.2, 0.25) is 0 Å². The molecule has 1 unspecified atom stereocenters. The molecule has 21 heavy (non-hydrogen) atoms. The zero-order valence-electron chi connectivity index (χ0n) is 11.9. The van der Waals surface area contributed by atoms with Crippen LogP contribution in [0.3, 0.4) is 0 Å². The van der Waals surface area contributed by atoms with Crippen molar-refractivity contribution in [1.82, 2.24) is 5.32 Å². The minimum Gasteiger partial charge on any atom is -0.487 e. The van der Waals surface area contributed by atoms with Crippen molar-refractivity contribution in [3.8, 4) is 0 Å². The van der Waals surface area contributed by atoms with Crippen LogP contribution in [-0.4, -0.2) is 32.2 Å². The molecule has 1 aromatic rings. The molecule has 0 saturated heterocycles. The molecule has 0 amide bonds. The molecule has 1 aromatic carbocycles. The second kappa shape index (κ2) is 4.36. The van der Waals surface area contributed by atoms with Gasteiger partial charge in [-0.05, 0) is 24.8 Å². The summed E-state index contributed by atoms with van der Waals surface area (Å²) in [6.45, 7) is -0.0111. The van der Waals surface area contributed by atoms with Crippen molar-refractivity contribution in [1.29, 1.82) is 0 Å². The molecule has 1 N–H and O–H groups in total. The topological polar surface area (TPSA) is 24.5 Å². The number of likely N-dealkylation sites (N-methyl/N-ethyl adjacent to an activating group) is 1. The summed E-state index contributed by atoms with van der Waals surface area (Å²) >= 11 is 0. The highest BCUT2D eigenvalue weighted by Gasteiger charge is 2.51. The van der Waals surface area contributed by atoms with Gasteiger partial charge >= 0.3 is 5.92 Å². The van der Waals surface area contributed by atoms with Crippen LogP contribution in [0, 0.1) is 5.92 Å². The van der Waals surface area contributed by atoms with Crippen molar-refractivity contribution in [3.63, 3.8) is 0 Å². The molecule has 1 aliphatic carbocycles. The zero-order chi connectivity index (χ0) is 14.6. The number of nitrogens with one attached hydrogen (secondary N) is 1. The molecule has 1 fully saturated rings. The van der Waals surface area contributed by atoms with E-state index in [4.69, 9.17) is 4.74 Å². The normalized spacial score (nSPS) is 27.2. The lowest BCUT2D eigenvalue weighted by molar-refractivity contribution is -0.0833. The lowest BCUT2D eigenvalue weighted by atomic mass is 10.0. The first kappa shape index (κ1) is 12.9. The van der Waals surface area contributed by atoms with E-state index in [2.05, 4.69) is 5.32 Å². The molecule has 0 radical (unpaired) electrons. The van der Waals surface area contributed by atoms with Crippen LogP contribution in [0.4, 0.5) is 14.5 Å². The Morgan fingerprint density at radius 1 is 1.29 bits per heavy atom. The lowest BCUT2D eigenvalue weighted by Crippen LogP contribution is -2.47. The number of hydrogen-bond donors (Lipinski definition) is 1. The van der Waals surface area contributed by atoms with Gasteiger partial charge < -0.3 is 15.0 Å². The number of anilines is 1. The van der Waals surface area contributed by atoms with Gasteiger partial charge in [-0.1, -0.05) is 18.2 Å². The first-order valence-corrected chi connectivity index (χ1v) is 7.37. The van der Waals surface area contributed by atoms with E-state index >= 15 is 0 Å². The van der Waals surface area contributed by atoms with Crippen LogP contribution in [0.15, 0.2) is 30.0 Å². The largest absolute Gasteiger partial charge is 0.487 e. The third kappa shape index (κ3) is 2.06. The van der Waals surface area contributed by atoms with E-state index in [1.165, 1.54) is 0 Å². The highest BCUT2D eigenvalue weighted by molar-refractivity contribution is 5.80. The van der Waals surface area contributed by atoms with Gasteiger partial charge in [-0.15, -0.1) is 0 Å². The summed E-state index contributed by atoms with van der Waals surface area (Å²) in [7, 11) is 1.95. The monoisotopic (exact) mass is 292 g/mol. The molecule has 0 spiro atoms. The second-order valence-electron chi connectivity index (χ2n) is 6.18. The molecular formula is C16H18F2N2O. The molecule has 3 nitrogen and oxygen atoms in total. The highest BCUT2D eigenvalue weighted by Crippen LogP contribution is 2.44. The second-order valence-corrected chi connectivity index (χ2v) is 6.18.